The maximum absolute atomic E-state index is 11.0. The molecule has 0 bridgehead atoms. The van der Waals surface area contributed by atoms with Crippen LogP contribution in [-0.2, 0) is 10.0 Å². The fourth-order valence-electron chi connectivity index (χ4n) is 0.750. The fraction of sp³-hybridized carbons (Fsp3) is 0.143. The Morgan fingerprint density at radius 2 is 1.69 bits per heavy atom. The molecule has 66 valence electrons. The van der Waals surface area contributed by atoms with Gasteiger partial charge in [0, 0.05) is 4.90 Å². The van der Waals surface area contributed by atoms with Gasteiger partial charge in [0.2, 0.25) is 0 Å². The van der Waals surface area contributed by atoms with Crippen LogP contribution < -0.4 is 51.4 Å². The van der Waals surface area contributed by atoms with Gasteiger partial charge in [0.1, 0.15) is 10.0 Å². The van der Waals surface area contributed by atoms with Crippen molar-refractivity contribution in [3.8, 4) is 0 Å². The number of aryl methyl sites for hydroxylation is 1. The van der Waals surface area contributed by atoms with Crippen LogP contribution in [0.1, 0.15) is 5.56 Å². The second-order valence-electron chi connectivity index (χ2n) is 2.36. The Morgan fingerprint density at radius 3 is 2.08 bits per heavy atom. The first-order valence-corrected chi connectivity index (χ1v) is 4.99. The first-order valence-electron chi connectivity index (χ1n) is 3.21. The average Bonchev–Trinajstić information content (AvgIpc) is 2.05. The minimum Gasteiger partial charge on any atom is -0.458 e. The second kappa shape index (κ2) is 5.82. The Labute approximate surface area is 125 Å². The van der Waals surface area contributed by atoms with Gasteiger partial charge in [-0.05, 0) is 19.1 Å². The molecule has 13 heavy (non-hydrogen) atoms. The minimum absolute atomic E-state index is 0. The number of rotatable bonds is 2. The monoisotopic (exact) mass is 243 g/mol. The van der Waals surface area contributed by atoms with E-state index >= 15 is 0 Å². The van der Waals surface area contributed by atoms with Crippen molar-refractivity contribution >= 4 is 21.8 Å². The fourth-order valence-corrected chi connectivity index (χ4v) is 1.55. The van der Waals surface area contributed by atoms with Crippen LogP contribution in [0.4, 0.5) is 0 Å². The van der Waals surface area contributed by atoms with E-state index in [0.717, 1.165) is 5.56 Å². The standard InChI is InChI=1S/C7H7ClNO2S.K/c1-6-2-4-7(5-3-6)12(10,11)9-8;/h2-5H,1H3;/q-1;+1. The van der Waals surface area contributed by atoms with Crippen molar-refractivity contribution in [2.45, 2.75) is 11.8 Å². The minimum atomic E-state index is -3.62. The summed E-state index contributed by atoms with van der Waals surface area (Å²) in [5.41, 5.74) is 0.989. The molecule has 1 aromatic rings. The van der Waals surface area contributed by atoms with Gasteiger partial charge in [0.15, 0.2) is 0 Å². The van der Waals surface area contributed by atoms with Crippen LogP contribution in [0.15, 0.2) is 29.2 Å². The predicted octanol–water partition coefficient (Wildman–Crippen LogP) is -0.785. The Kier molecular flexibility index (Phi) is 6.29. The zero-order valence-electron chi connectivity index (χ0n) is 7.36. The summed E-state index contributed by atoms with van der Waals surface area (Å²) < 4.78 is 24.8. The first-order chi connectivity index (χ1) is 5.56. The number of nitrogens with zero attached hydrogens (tertiary/aromatic N) is 1. The van der Waals surface area contributed by atoms with E-state index in [1.165, 1.54) is 12.1 Å². The van der Waals surface area contributed by atoms with Gasteiger partial charge >= 0.3 is 51.4 Å². The molecule has 0 fully saturated rings. The quantitative estimate of drug-likeness (QED) is 0.640. The van der Waals surface area contributed by atoms with E-state index in [2.05, 4.69) is 4.24 Å². The molecular weight excluding hydrogens is 237 g/mol. The van der Waals surface area contributed by atoms with Gasteiger partial charge in [-0.2, -0.15) is 0 Å². The third-order valence-electron chi connectivity index (χ3n) is 1.41. The molecule has 0 saturated carbocycles. The Morgan fingerprint density at radius 1 is 1.23 bits per heavy atom. The normalized spacial score (nSPS) is 10.6. The van der Waals surface area contributed by atoms with Gasteiger partial charge in [0.25, 0.3) is 0 Å². The van der Waals surface area contributed by atoms with Gasteiger partial charge < -0.3 is 4.24 Å². The largest absolute Gasteiger partial charge is 1.00 e. The van der Waals surface area contributed by atoms with Crippen molar-refractivity contribution in [2.75, 3.05) is 0 Å². The van der Waals surface area contributed by atoms with Crippen LogP contribution in [0.2, 0.25) is 0 Å². The van der Waals surface area contributed by atoms with Crippen molar-refractivity contribution in [3.63, 3.8) is 0 Å². The van der Waals surface area contributed by atoms with Gasteiger partial charge in [-0.3, -0.25) is 11.8 Å². The average molecular weight is 244 g/mol. The van der Waals surface area contributed by atoms with E-state index in [0.29, 0.717) is 0 Å². The van der Waals surface area contributed by atoms with Gasteiger partial charge in [-0.25, -0.2) is 8.42 Å². The number of sulfonamides is 1. The molecule has 0 spiro atoms. The second-order valence-corrected chi connectivity index (χ2v) is 4.33. The maximum Gasteiger partial charge on any atom is 1.00 e. The van der Waals surface area contributed by atoms with Crippen LogP contribution in [0.25, 0.3) is 4.24 Å². The predicted molar refractivity (Wildman–Crippen MR) is 47.6 cm³/mol. The molecule has 0 saturated heterocycles. The molecule has 3 nitrogen and oxygen atoms in total. The Balaban J connectivity index is 0.00000144. The van der Waals surface area contributed by atoms with Crippen LogP contribution in [0.3, 0.4) is 0 Å². The zero-order valence-corrected chi connectivity index (χ0v) is 12.1. The molecular formula is C7H7ClKNO2S. The topological polar surface area (TPSA) is 48.2 Å². The van der Waals surface area contributed by atoms with Gasteiger partial charge in [-0.1, -0.05) is 17.7 Å². The van der Waals surface area contributed by atoms with E-state index < -0.39 is 10.0 Å². The Bertz CT molecular complexity index is 363. The summed E-state index contributed by atoms with van der Waals surface area (Å²) in [4.78, 5) is 0.114. The van der Waals surface area contributed by atoms with E-state index in [4.69, 9.17) is 11.8 Å². The van der Waals surface area contributed by atoms with Crippen molar-refractivity contribution in [1.82, 2.24) is 0 Å². The van der Waals surface area contributed by atoms with Crippen LogP contribution in [0.5, 0.6) is 0 Å². The maximum atomic E-state index is 11.0. The first kappa shape index (κ1) is 14.1. The summed E-state index contributed by atoms with van der Waals surface area (Å²) in [6, 6.07) is 6.32. The van der Waals surface area contributed by atoms with Crippen molar-refractivity contribution in [1.29, 1.82) is 0 Å². The number of hydrogen-bond acceptors (Lipinski definition) is 2. The van der Waals surface area contributed by atoms with Crippen molar-refractivity contribution in [3.05, 3.63) is 34.1 Å². The van der Waals surface area contributed by atoms with Crippen molar-refractivity contribution in [2.24, 2.45) is 0 Å². The molecule has 0 aliphatic rings. The molecule has 0 N–H and O–H groups in total. The van der Waals surface area contributed by atoms with Crippen molar-refractivity contribution < 1.29 is 59.8 Å². The number of hydrogen-bond donors (Lipinski definition) is 0. The van der Waals surface area contributed by atoms with E-state index in [1.54, 1.807) is 12.1 Å². The molecule has 1 rings (SSSR count). The molecule has 0 unspecified atom stereocenters. The molecule has 6 heteroatoms. The summed E-state index contributed by atoms with van der Waals surface area (Å²) >= 11 is 4.90. The van der Waals surface area contributed by atoms with Crippen LogP contribution in [-0.4, -0.2) is 8.42 Å². The molecule has 0 amide bonds. The smallest absolute Gasteiger partial charge is 0.458 e. The summed E-state index contributed by atoms with van der Waals surface area (Å²) in [6.07, 6.45) is 0. The summed E-state index contributed by atoms with van der Waals surface area (Å²) in [5, 5.41) is 0. The van der Waals surface area contributed by atoms with Crippen LogP contribution in [0, 0.1) is 6.92 Å². The molecule has 0 aromatic heterocycles. The van der Waals surface area contributed by atoms with Gasteiger partial charge in [-0.15, -0.1) is 0 Å². The third kappa shape index (κ3) is 3.97. The number of benzene rings is 1. The molecule has 0 heterocycles. The van der Waals surface area contributed by atoms with Crippen LogP contribution >= 0.6 is 11.8 Å². The molecule has 0 aliphatic carbocycles. The third-order valence-corrected chi connectivity index (χ3v) is 3.00. The SMILES string of the molecule is Cc1ccc(S(=O)(=O)[N-]Cl)cc1.[K+]. The summed E-state index contributed by atoms with van der Waals surface area (Å²) in [6.45, 7) is 1.87. The summed E-state index contributed by atoms with van der Waals surface area (Å²) in [5.74, 6) is 0. The Hall–Kier alpha value is 1.06. The molecule has 0 atom stereocenters. The molecule has 0 aliphatic heterocycles. The molecule has 0 radical (unpaired) electrons. The molecule has 1 aromatic carbocycles. The zero-order chi connectivity index (χ0) is 9.19. The van der Waals surface area contributed by atoms with Gasteiger partial charge in [0.05, 0.1) is 0 Å². The van der Waals surface area contributed by atoms with E-state index in [1.807, 2.05) is 6.92 Å². The van der Waals surface area contributed by atoms with E-state index in [-0.39, 0.29) is 56.3 Å². The number of halogens is 1. The van der Waals surface area contributed by atoms with E-state index in [9.17, 15) is 8.42 Å². The summed E-state index contributed by atoms with van der Waals surface area (Å²) in [7, 11) is -3.62.